The molecule has 0 aliphatic carbocycles. The first kappa shape index (κ1) is 45.9. The van der Waals surface area contributed by atoms with Gasteiger partial charge in [-0.1, -0.05) is 185 Å². The average molecular weight is 905 g/mol. The first-order chi connectivity index (χ1) is 32.7. The van der Waals surface area contributed by atoms with Crippen LogP contribution < -0.4 is 9.80 Å². The molecule has 0 saturated heterocycles. The summed E-state index contributed by atoms with van der Waals surface area (Å²) in [4.78, 5) is 10.1. The molecule has 0 atom stereocenters. The smallest absolute Gasteiger partial charge is 0.137 e. The lowest BCUT2D eigenvalue weighted by Crippen LogP contribution is -2.26. The van der Waals surface area contributed by atoms with E-state index in [9.17, 15) is 0 Å². The number of para-hydroxylation sites is 2. The number of benzene rings is 7. The molecule has 2 aromatic heterocycles. The summed E-state index contributed by atoms with van der Waals surface area (Å²) in [7, 11) is 0. The van der Waals surface area contributed by atoms with Gasteiger partial charge in [0.1, 0.15) is 12.5 Å². The molecule has 0 spiro atoms. The van der Waals surface area contributed by atoms with Crippen LogP contribution in [0.4, 0.5) is 22.7 Å². The van der Waals surface area contributed by atoms with Crippen molar-refractivity contribution < 1.29 is 0 Å². The van der Waals surface area contributed by atoms with Crippen molar-refractivity contribution in [3.8, 4) is 5.82 Å². The van der Waals surface area contributed by atoms with Gasteiger partial charge in [-0.25, -0.2) is 4.98 Å². The molecular formula is C65H68N4. The molecule has 0 N–H and O–H groups in total. The van der Waals surface area contributed by atoms with E-state index in [-0.39, 0.29) is 27.1 Å². The van der Waals surface area contributed by atoms with Gasteiger partial charge in [0.2, 0.25) is 0 Å². The van der Waals surface area contributed by atoms with Crippen LogP contribution in [0.25, 0.3) is 27.6 Å². The van der Waals surface area contributed by atoms with Crippen LogP contribution in [-0.2, 0) is 27.1 Å². The summed E-state index contributed by atoms with van der Waals surface area (Å²) in [6, 6.07) is 65.9. The summed E-state index contributed by atoms with van der Waals surface area (Å²) < 4.78 is 2.40. The largest absolute Gasteiger partial charge is 0.321 e. The molecule has 0 saturated carbocycles. The van der Waals surface area contributed by atoms with Crippen molar-refractivity contribution >= 4 is 44.6 Å². The number of anilines is 4. The molecule has 0 fully saturated rings. The maximum absolute atomic E-state index is 5.10. The van der Waals surface area contributed by atoms with Gasteiger partial charge in [0.25, 0.3) is 0 Å². The normalized spacial score (nSPS) is 13.7. The molecule has 0 amide bonds. The maximum Gasteiger partial charge on any atom is 0.137 e. The van der Waals surface area contributed by atoms with E-state index in [0.29, 0.717) is 0 Å². The zero-order valence-electron chi connectivity index (χ0n) is 42.8. The van der Waals surface area contributed by atoms with Crippen LogP contribution in [0.3, 0.4) is 0 Å². The van der Waals surface area contributed by atoms with Gasteiger partial charge in [-0.3, -0.25) is 4.57 Å². The summed E-state index contributed by atoms with van der Waals surface area (Å²) in [6.07, 6.45) is 1.98. The summed E-state index contributed by atoms with van der Waals surface area (Å²) in [5, 5.41) is 2.43. The first-order valence-electron chi connectivity index (χ1n) is 24.8. The predicted molar refractivity (Wildman–Crippen MR) is 294 cm³/mol. The maximum atomic E-state index is 5.10. The molecule has 0 unspecified atom stereocenters. The van der Waals surface area contributed by atoms with E-state index in [1.807, 2.05) is 6.20 Å². The Morgan fingerprint density at radius 2 is 0.884 bits per heavy atom. The van der Waals surface area contributed by atoms with Gasteiger partial charge in [0, 0.05) is 39.2 Å². The van der Waals surface area contributed by atoms with Crippen LogP contribution in [0.5, 0.6) is 0 Å². The van der Waals surface area contributed by atoms with Crippen LogP contribution >= 0.6 is 0 Å². The fraction of sp³-hybridized carbons (Fsp3) is 0.277. The third-order valence-corrected chi connectivity index (χ3v) is 15.2. The molecule has 4 nitrogen and oxygen atoms in total. The van der Waals surface area contributed by atoms with E-state index in [4.69, 9.17) is 4.98 Å². The second kappa shape index (κ2) is 16.7. The number of rotatable bonds is 8. The molecule has 69 heavy (non-hydrogen) atoms. The Hall–Kier alpha value is -6.91. The van der Waals surface area contributed by atoms with Gasteiger partial charge >= 0.3 is 0 Å². The summed E-state index contributed by atoms with van der Waals surface area (Å²) in [6.45, 7) is 28.6. The molecule has 0 bridgehead atoms. The minimum Gasteiger partial charge on any atom is -0.321 e. The average Bonchev–Trinajstić information content (AvgIpc) is 3.89. The Kier molecular flexibility index (Phi) is 11.1. The second-order valence-corrected chi connectivity index (χ2v) is 23.2. The lowest BCUT2D eigenvalue weighted by atomic mass is 9.71. The van der Waals surface area contributed by atoms with Crippen LogP contribution in [0.15, 0.2) is 182 Å². The van der Waals surface area contributed by atoms with Gasteiger partial charge in [-0.2, -0.15) is 0 Å². The molecule has 4 heteroatoms. The van der Waals surface area contributed by atoms with Crippen molar-refractivity contribution in [2.75, 3.05) is 16.5 Å². The Morgan fingerprint density at radius 1 is 0.362 bits per heavy atom. The lowest BCUT2D eigenvalue weighted by molar-refractivity contribution is 0.568. The minimum absolute atomic E-state index is 0.0221. The molecule has 3 heterocycles. The predicted octanol–water partition coefficient (Wildman–Crippen LogP) is 17.0. The third-order valence-electron chi connectivity index (χ3n) is 15.2. The standard InChI is InChI=1S/C65H68N4/c1-61(2,3)46-34-35-66-60(42-46)69-56-33-31-49(65(12,44-22-15-13-16-23-44)45-24-17-14-18-25-45)40-55(56)54-32-30-48(41-59(54)69)64(10,11)47-26-21-27-52(37-47)67-43-68(58-29-20-19-28-57(58)67)53-38-50(62(4,5)6)36-51(39-53)63(7,8)9/h13-42H,43H2,1-12H3. The monoisotopic (exact) mass is 905 g/mol. The fourth-order valence-electron chi connectivity index (χ4n) is 10.5. The molecule has 1 aliphatic rings. The number of fused-ring (bicyclic) bond motifs is 4. The lowest BCUT2D eigenvalue weighted by Gasteiger charge is -2.32. The molecule has 9 aromatic rings. The van der Waals surface area contributed by atoms with Crippen molar-refractivity contribution in [1.82, 2.24) is 9.55 Å². The van der Waals surface area contributed by atoms with Crippen LogP contribution in [0, 0.1) is 0 Å². The van der Waals surface area contributed by atoms with Crippen LogP contribution in [0.1, 0.15) is 128 Å². The molecule has 348 valence electrons. The third kappa shape index (κ3) is 8.12. The summed E-state index contributed by atoms with van der Waals surface area (Å²) in [5.41, 5.74) is 16.7. The van der Waals surface area contributed by atoms with Crippen molar-refractivity contribution in [1.29, 1.82) is 0 Å². The summed E-state index contributed by atoms with van der Waals surface area (Å²) >= 11 is 0. The molecular weight excluding hydrogens is 837 g/mol. The quantitative estimate of drug-likeness (QED) is 0.142. The number of aromatic nitrogens is 2. The van der Waals surface area contributed by atoms with E-state index < -0.39 is 0 Å². The highest BCUT2D eigenvalue weighted by molar-refractivity contribution is 6.10. The first-order valence-corrected chi connectivity index (χ1v) is 24.8. The highest BCUT2D eigenvalue weighted by atomic mass is 15.4. The SMILES string of the molecule is CC(C)(C)c1cc(N2CN(c3cccc(C(C)(C)c4ccc5c6cc(C(C)(c7ccccc7)c7ccccc7)ccc6n(-c6cc(C(C)(C)C)ccn6)c5c4)c3)c3ccccc32)cc(C(C)(C)C)c1. The topological polar surface area (TPSA) is 24.3 Å². The summed E-state index contributed by atoms with van der Waals surface area (Å²) in [5.74, 6) is 0.931. The van der Waals surface area contributed by atoms with Gasteiger partial charge < -0.3 is 9.80 Å². The Morgan fingerprint density at radius 3 is 1.48 bits per heavy atom. The number of pyridine rings is 1. The second-order valence-electron chi connectivity index (χ2n) is 23.2. The van der Waals surface area contributed by atoms with E-state index in [1.54, 1.807) is 0 Å². The zero-order valence-corrected chi connectivity index (χ0v) is 42.8. The highest BCUT2D eigenvalue weighted by Crippen LogP contribution is 2.48. The van der Waals surface area contributed by atoms with Gasteiger partial charge in [-0.15, -0.1) is 0 Å². The van der Waals surface area contributed by atoms with E-state index >= 15 is 0 Å². The Labute approximate surface area is 411 Å². The van der Waals surface area contributed by atoms with Crippen LogP contribution in [0.2, 0.25) is 0 Å². The van der Waals surface area contributed by atoms with Gasteiger partial charge in [0.15, 0.2) is 0 Å². The zero-order chi connectivity index (χ0) is 48.7. The van der Waals surface area contributed by atoms with Gasteiger partial charge in [0.05, 0.1) is 22.4 Å². The molecule has 0 radical (unpaired) electrons. The molecule has 7 aromatic carbocycles. The molecule has 1 aliphatic heterocycles. The van der Waals surface area contributed by atoms with E-state index in [0.717, 1.165) is 23.5 Å². The number of hydrogen-bond acceptors (Lipinski definition) is 3. The van der Waals surface area contributed by atoms with Crippen LogP contribution in [-0.4, -0.2) is 16.2 Å². The fourth-order valence-corrected chi connectivity index (χ4v) is 10.5. The highest BCUT2D eigenvalue weighted by Gasteiger charge is 2.34. The van der Waals surface area contributed by atoms with E-state index in [1.165, 1.54) is 78.0 Å². The van der Waals surface area contributed by atoms with Crippen molar-refractivity contribution in [2.45, 2.75) is 110 Å². The van der Waals surface area contributed by atoms with Crippen molar-refractivity contribution in [3.63, 3.8) is 0 Å². The van der Waals surface area contributed by atoms with Crippen molar-refractivity contribution in [3.05, 3.63) is 227 Å². The number of nitrogens with zero attached hydrogens (tertiary/aromatic N) is 4. The number of hydrogen-bond donors (Lipinski definition) is 0. The Balaban J connectivity index is 1.09. The van der Waals surface area contributed by atoms with Gasteiger partial charge in [-0.05, 0) is 134 Å². The molecule has 10 rings (SSSR count). The Bertz CT molecular complexity index is 3280. The minimum atomic E-state index is -0.374. The van der Waals surface area contributed by atoms with E-state index in [2.05, 4.69) is 273 Å². The van der Waals surface area contributed by atoms with Crippen molar-refractivity contribution in [2.24, 2.45) is 0 Å².